The lowest BCUT2D eigenvalue weighted by atomic mass is 10.2. The Balaban J connectivity index is 2.38. The summed E-state index contributed by atoms with van der Waals surface area (Å²) in [4.78, 5) is 15.4. The molecule has 0 radical (unpaired) electrons. The second-order valence-corrected chi connectivity index (χ2v) is 3.69. The van der Waals surface area contributed by atoms with Crippen molar-refractivity contribution in [2.75, 3.05) is 0 Å². The van der Waals surface area contributed by atoms with Gasteiger partial charge in [0.25, 0.3) is 5.79 Å². The molecule has 0 spiro atoms. The number of amides is 1. The Labute approximate surface area is 97.2 Å². The number of hydrogen-bond donors (Lipinski definition) is 2. The van der Waals surface area contributed by atoms with Crippen LogP contribution < -0.4 is 10.6 Å². The van der Waals surface area contributed by atoms with Gasteiger partial charge < -0.3 is 15.1 Å². The van der Waals surface area contributed by atoms with Crippen molar-refractivity contribution in [1.82, 2.24) is 10.6 Å². The second-order valence-electron chi connectivity index (χ2n) is 3.29. The van der Waals surface area contributed by atoms with Crippen molar-refractivity contribution in [3.8, 4) is 0 Å². The molecular weight excluding hydrogens is 230 g/mol. The van der Waals surface area contributed by atoms with E-state index in [2.05, 4.69) is 15.6 Å². The normalized spacial score (nSPS) is 23.5. The molecule has 0 saturated heterocycles. The number of carbonyl (C=O) groups excluding carboxylic acids is 1. The number of hydrogen-bond acceptors (Lipinski definition) is 4. The third kappa shape index (κ3) is 1.94. The Morgan fingerprint density at radius 1 is 1.69 bits per heavy atom. The van der Waals surface area contributed by atoms with E-state index in [1.807, 2.05) is 0 Å². The van der Waals surface area contributed by atoms with Gasteiger partial charge in [-0.1, -0.05) is 11.6 Å². The molecule has 1 unspecified atom stereocenters. The molecule has 1 aromatic heterocycles. The Bertz CT molecular complexity index is 449. The number of allylic oxidation sites excluding steroid dienone is 1. The van der Waals surface area contributed by atoms with Gasteiger partial charge in [0.15, 0.2) is 5.76 Å². The molecule has 16 heavy (non-hydrogen) atoms. The molecule has 0 bridgehead atoms. The summed E-state index contributed by atoms with van der Waals surface area (Å²) in [6.07, 6.45) is 4.60. The molecule has 84 valence electrons. The summed E-state index contributed by atoms with van der Waals surface area (Å²) in [5.41, 5.74) is 0. The topological polar surface area (TPSA) is 66.6 Å². The van der Waals surface area contributed by atoms with E-state index in [9.17, 15) is 4.79 Å². The van der Waals surface area contributed by atoms with Crippen LogP contribution in [0, 0.1) is 0 Å². The highest BCUT2D eigenvalue weighted by atomic mass is 35.5. The lowest BCUT2D eigenvalue weighted by molar-refractivity contribution is -0.121. The van der Waals surface area contributed by atoms with Crippen molar-refractivity contribution in [2.45, 2.75) is 12.7 Å². The van der Waals surface area contributed by atoms with Gasteiger partial charge in [-0.25, -0.2) is 4.99 Å². The van der Waals surface area contributed by atoms with Crippen molar-refractivity contribution in [2.24, 2.45) is 4.99 Å². The molecule has 1 atom stereocenters. The highest BCUT2D eigenvalue weighted by Gasteiger charge is 2.36. The number of halogens is 1. The first-order valence-electron chi connectivity index (χ1n) is 4.64. The predicted octanol–water partition coefficient (Wildman–Crippen LogP) is 1.28. The first kappa shape index (κ1) is 10.8. The van der Waals surface area contributed by atoms with E-state index in [0.29, 0.717) is 10.9 Å². The molecule has 2 N–H and O–H groups in total. The number of nitrogens with zero attached hydrogens (tertiary/aromatic N) is 1. The average Bonchev–Trinajstić information content (AvgIpc) is 2.69. The van der Waals surface area contributed by atoms with E-state index in [1.165, 1.54) is 19.4 Å². The summed E-state index contributed by atoms with van der Waals surface area (Å²) < 4.78 is 5.25. The molecule has 6 heteroatoms. The third-order valence-electron chi connectivity index (χ3n) is 2.02. The molecule has 2 heterocycles. The number of furan rings is 1. The Morgan fingerprint density at radius 3 is 3.06 bits per heavy atom. The van der Waals surface area contributed by atoms with Crippen LogP contribution in [-0.2, 0) is 10.6 Å². The number of aliphatic imine (C=N–C) groups is 1. The minimum Gasteiger partial charge on any atom is -0.463 e. The van der Waals surface area contributed by atoms with Gasteiger partial charge in [0.2, 0.25) is 5.91 Å². The van der Waals surface area contributed by atoms with E-state index in [-0.39, 0.29) is 5.91 Å². The Kier molecular flexibility index (Phi) is 2.70. The summed E-state index contributed by atoms with van der Waals surface area (Å²) in [6.45, 7) is 1.40. The maximum Gasteiger partial charge on any atom is 0.268 e. The summed E-state index contributed by atoms with van der Waals surface area (Å²) in [7, 11) is 0. The van der Waals surface area contributed by atoms with Crippen molar-refractivity contribution in [1.29, 1.82) is 0 Å². The van der Waals surface area contributed by atoms with Gasteiger partial charge in [-0.15, -0.1) is 0 Å². The smallest absolute Gasteiger partial charge is 0.268 e. The zero-order chi connectivity index (χ0) is 11.6. The molecule has 0 aliphatic carbocycles. The first-order valence-corrected chi connectivity index (χ1v) is 5.02. The minimum atomic E-state index is -1.15. The largest absolute Gasteiger partial charge is 0.463 e. The van der Waals surface area contributed by atoms with Crippen LogP contribution >= 0.6 is 11.6 Å². The lowest BCUT2D eigenvalue weighted by Gasteiger charge is -2.31. The average molecular weight is 240 g/mol. The fourth-order valence-corrected chi connectivity index (χ4v) is 1.64. The molecule has 1 aliphatic heterocycles. The molecule has 0 saturated carbocycles. The molecule has 1 aliphatic rings. The molecule has 0 fully saturated rings. The van der Waals surface area contributed by atoms with E-state index < -0.39 is 5.79 Å². The number of rotatable bonds is 2. The summed E-state index contributed by atoms with van der Waals surface area (Å²) in [5.74, 6) is -0.932. The van der Waals surface area contributed by atoms with E-state index in [0.717, 1.165) is 0 Å². The summed E-state index contributed by atoms with van der Waals surface area (Å²) in [5, 5.41) is 5.90. The standard InChI is InChI=1S/C10H10ClN3O2/c1-7(15)13-10(8-3-2-6-16-8)12-5-4-9(11)14-10/h2-6,14H,1H3,(H,13,15). The van der Waals surface area contributed by atoms with Crippen molar-refractivity contribution in [3.63, 3.8) is 0 Å². The monoisotopic (exact) mass is 239 g/mol. The van der Waals surface area contributed by atoms with Crippen molar-refractivity contribution >= 4 is 23.7 Å². The van der Waals surface area contributed by atoms with Crippen molar-refractivity contribution in [3.05, 3.63) is 35.4 Å². The van der Waals surface area contributed by atoms with Crippen LogP contribution in [0.1, 0.15) is 12.7 Å². The van der Waals surface area contributed by atoms with Crippen LogP contribution in [0.25, 0.3) is 0 Å². The van der Waals surface area contributed by atoms with Gasteiger partial charge in [-0.05, 0) is 18.2 Å². The first-order chi connectivity index (χ1) is 7.62. The fourth-order valence-electron chi connectivity index (χ4n) is 1.45. The maximum absolute atomic E-state index is 11.2. The van der Waals surface area contributed by atoms with Gasteiger partial charge in [-0.3, -0.25) is 4.79 Å². The summed E-state index contributed by atoms with van der Waals surface area (Å²) >= 11 is 5.87. The Hall–Kier alpha value is -1.75. The van der Waals surface area contributed by atoms with E-state index in [4.69, 9.17) is 16.0 Å². The molecule has 1 amide bonds. The lowest BCUT2D eigenvalue weighted by Crippen LogP contribution is -2.54. The maximum atomic E-state index is 11.2. The highest BCUT2D eigenvalue weighted by Crippen LogP contribution is 2.24. The van der Waals surface area contributed by atoms with E-state index >= 15 is 0 Å². The third-order valence-corrected chi connectivity index (χ3v) is 2.24. The SMILES string of the molecule is CC(=O)NC1(c2ccco2)N=CC=C(Cl)N1. The highest BCUT2D eigenvalue weighted by molar-refractivity contribution is 6.30. The van der Waals surface area contributed by atoms with Crippen molar-refractivity contribution < 1.29 is 9.21 Å². The molecule has 2 rings (SSSR count). The minimum absolute atomic E-state index is 0.243. The van der Waals surface area contributed by atoms with Gasteiger partial charge >= 0.3 is 0 Å². The molecule has 1 aromatic rings. The van der Waals surface area contributed by atoms with Crippen LogP contribution in [-0.4, -0.2) is 12.1 Å². The Morgan fingerprint density at radius 2 is 2.50 bits per heavy atom. The van der Waals surface area contributed by atoms with Crippen LogP contribution in [0.2, 0.25) is 0 Å². The van der Waals surface area contributed by atoms with E-state index in [1.54, 1.807) is 18.2 Å². The van der Waals surface area contributed by atoms with Gasteiger partial charge in [0.05, 0.1) is 6.26 Å². The zero-order valence-electron chi connectivity index (χ0n) is 8.53. The van der Waals surface area contributed by atoms with Crippen LogP contribution in [0.4, 0.5) is 0 Å². The van der Waals surface area contributed by atoms with Crippen LogP contribution in [0.3, 0.4) is 0 Å². The fraction of sp³-hybridized carbons (Fsp3) is 0.200. The molecular formula is C10H10ClN3O2. The summed E-state index contributed by atoms with van der Waals surface area (Å²) in [6, 6.07) is 3.41. The molecule has 5 nitrogen and oxygen atoms in total. The van der Waals surface area contributed by atoms with Crippen LogP contribution in [0.15, 0.2) is 39.0 Å². The quantitative estimate of drug-likeness (QED) is 0.764. The molecule has 0 aromatic carbocycles. The number of nitrogens with one attached hydrogen (secondary N) is 2. The van der Waals surface area contributed by atoms with Gasteiger partial charge in [0.1, 0.15) is 5.16 Å². The zero-order valence-corrected chi connectivity index (χ0v) is 9.28. The van der Waals surface area contributed by atoms with Gasteiger partial charge in [-0.2, -0.15) is 0 Å². The van der Waals surface area contributed by atoms with Crippen LogP contribution in [0.5, 0.6) is 0 Å². The number of carbonyl (C=O) groups is 1. The predicted molar refractivity (Wildman–Crippen MR) is 59.8 cm³/mol. The second kappa shape index (κ2) is 4.02. The van der Waals surface area contributed by atoms with Gasteiger partial charge in [0, 0.05) is 13.1 Å².